The Labute approximate surface area is 186 Å². The highest BCUT2D eigenvalue weighted by Gasteiger charge is 2.19. The van der Waals surface area contributed by atoms with Crippen LogP contribution in [0.25, 0.3) is 5.65 Å². The summed E-state index contributed by atoms with van der Waals surface area (Å²) in [4.78, 5) is 12.0. The third-order valence-corrected chi connectivity index (χ3v) is 5.25. The van der Waals surface area contributed by atoms with Crippen LogP contribution >= 0.6 is 24.0 Å². The molecule has 0 atom stereocenters. The van der Waals surface area contributed by atoms with Crippen molar-refractivity contribution in [2.24, 2.45) is 4.99 Å². The van der Waals surface area contributed by atoms with Crippen molar-refractivity contribution >= 4 is 35.6 Å². The van der Waals surface area contributed by atoms with E-state index in [-0.39, 0.29) is 24.0 Å². The number of fused-ring (bicyclic) bond motifs is 1. The van der Waals surface area contributed by atoms with Crippen LogP contribution in [0.2, 0.25) is 0 Å². The first-order valence-electron chi connectivity index (χ1n) is 10.4. The van der Waals surface area contributed by atoms with Crippen LogP contribution in [0.1, 0.15) is 50.9 Å². The molecule has 0 unspecified atom stereocenters. The maximum atomic E-state index is 4.78. The molecule has 0 saturated carbocycles. The Kier molecular flexibility index (Phi) is 9.50. The Morgan fingerprint density at radius 1 is 1.25 bits per heavy atom. The Morgan fingerprint density at radius 2 is 2.04 bits per heavy atom. The van der Waals surface area contributed by atoms with Crippen LogP contribution in [0, 0.1) is 6.92 Å². The summed E-state index contributed by atoms with van der Waals surface area (Å²) in [6.07, 6.45) is 7.03. The van der Waals surface area contributed by atoms with Gasteiger partial charge in [-0.1, -0.05) is 19.4 Å². The molecule has 0 spiro atoms. The Balaban J connectivity index is 0.00000280. The van der Waals surface area contributed by atoms with Gasteiger partial charge in [-0.25, -0.2) is 9.98 Å². The molecule has 2 N–H and O–H groups in total. The molecule has 0 aliphatic carbocycles. The molecule has 0 bridgehead atoms. The van der Waals surface area contributed by atoms with E-state index in [0.717, 1.165) is 23.8 Å². The van der Waals surface area contributed by atoms with Crippen molar-refractivity contribution in [3.63, 3.8) is 0 Å². The minimum absolute atomic E-state index is 0. The topological polar surface area (TPSA) is 57.0 Å². The van der Waals surface area contributed by atoms with Crippen LogP contribution in [0.15, 0.2) is 29.4 Å². The molecule has 0 radical (unpaired) electrons. The summed E-state index contributed by atoms with van der Waals surface area (Å²) < 4.78 is 2.12. The predicted molar refractivity (Wildman–Crippen MR) is 128 cm³/mol. The first kappa shape index (κ1) is 22.9. The molecule has 28 heavy (non-hydrogen) atoms. The van der Waals surface area contributed by atoms with E-state index in [0.29, 0.717) is 12.6 Å². The van der Waals surface area contributed by atoms with Gasteiger partial charge in [0.05, 0.1) is 12.2 Å². The Hall–Kier alpha value is -1.35. The lowest BCUT2D eigenvalue weighted by atomic mass is 10.0. The SMILES string of the molecule is CCCCN1CCC(NC(=NCc2cn3c(C)cccc3n2)NCC)CC1.I. The largest absolute Gasteiger partial charge is 0.357 e. The fraction of sp³-hybridized carbons (Fsp3) is 0.619. The van der Waals surface area contributed by atoms with Crippen LogP contribution in [-0.4, -0.2) is 52.5 Å². The third-order valence-electron chi connectivity index (χ3n) is 5.25. The van der Waals surface area contributed by atoms with Gasteiger partial charge in [0.15, 0.2) is 5.96 Å². The first-order chi connectivity index (χ1) is 13.2. The van der Waals surface area contributed by atoms with Crippen molar-refractivity contribution in [2.75, 3.05) is 26.2 Å². The van der Waals surface area contributed by atoms with Crippen molar-refractivity contribution in [1.82, 2.24) is 24.9 Å². The molecule has 156 valence electrons. The fourth-order valence-electron chi connectivity index (χ4n) is 3.63. The number of aryl methyl sites for hydroxylation is 1. The van der Waals surface area contributed by atoms with Gasteiger partial charge in [0.1, 0.15) is 5.65 Å². The molecule has 1 saturated heterocycles. The number of imidazole rings is 1. The zero-order chi connectivity index (χ0) is 19.1. The van der Waals surface area contributed by atoms with Crippen LogP contribution < -0.4 is 10.6 Å². The lowest BCUT2D eigenvalue weighted by Crippen LogP contribution is -2.48. The second-order valence-electron chi connectivity index (χ2n) is 7.44. The number of nitrogens with zero attached hydrogens (tertiary/aromatic N) is 4. The van der Waals surface area contributed by atoms with Crippen molar-refractivity contribution in [3.05, 3.63) is 35.8 Å². The van der Waals surface area contributed by atoms with E-state index in [1.54, 1.807) is 0 Å². The van der Waals surface area contributed by atoms with Gasteiger partial charge >= 0.3 is 0 Å². The van der Waals surface area contributed by atoms with Gasteiger partial charge < -0.3 is 19.9 Å². The fourth-order valence-corrected chi connectivity index (χ4v) is 3.63. The minimum atomic E-state index is 0. The summed E-state index contributed by atoms with van der Waals surface area (Å²) in [6.45, 7) is 11.5. The monoisotopic (exact) mass is 498 g/mol. The van der Waals surface area contributed by atoms with Gasteiger partial charge in [-0.15, -0.1) is 24.0 Å². The Bertz CT molecular complexity index is 748. The highest BCUT2D eigenvalue weighted by Crippen LogP contribution is 2.12. The predicted octanol–water partition coefficient (Wildman–Crippen LogP) is 3.58. The normalized spacial score (nSPS) is 16.2. The van der Waals surface area contributed by atoms with Crippen molar-refractivity contribution < 1.29 is 0 Å². The summed E-state index contributed by atoms with van der Waals surface area (Å²) in [5.74, 6) is 0.901. The summed E-state index contributed by atoms with van der Waals surface area (Å²) >= 11 is 0. The van der Waals surface area contributed by atoms with Crippen LogP contribution in [0.5, 0.6) is 0 Å². The molecule has 1 aliphatic rings. The number of rotatable bonds is 7. The van der Waals surface area contributed by atoms with E-state index in [1.807, 2.05) is 12.1 Å². The number of piperidine rings is 1. The summed E-state index contributed by atoms with van der Waals surface area (Å²) in [7, 11) is 0. The van der Waals surface area contributed by atoms with Crippen LogP contribution in [-0.2, 0) is 6.54 Å². The molecule has 1 fully saturated rings. The third kappa shape index (κ3) is 6.34. The molecule has 6 nitrogen and oxygen atoms in total. The number of aromatic nitrogens is 2. The smallest absolute Gasteiger partial charge is 0.191 e. The molecule has 7 heteroatoms. The average Bonchev–Trinajstić information content (AvgIpc) is 3.10. The number of hydrogen-bond acceptors (Lipinski definition) is 3. The van der Waals surface area contributed by atoms with Crippen LogP contribution in [0.3, 0.4) is 0 Å². The van der Waals surface area contributed by atoms with Crippen molar-refractivity contribution in [3.8, 4) is 0 Å². The van der Waals surface area contributed by atoms with E-state index >= 15 is 0 Å². The van der Waals surface area contributed by atoms with E-state index < -0.39 is 0 Å². The van der Waals surface area contributed by atoms with E-state index in [4.69, 9.17) is 4.99 Å². The highest BCUT2D eigenvalue weighted by atomic mass is 127. The molecule has 3 rings (SSSR count). The lowest BCUT2D eigenvalue weighted by molar-refractivity contribution is 0.203. The zero-order valence-electron chi connectivity index (χ0n) is 17.4. The maximum Gasteiger partial charge on any atom is 0.191 e. The average molecular weight is 498 g/mol. The second kappa shape index (κ2) is 11.6. The highest BCUT2D eigenvalue weighted by molar-refractivity contribution is 14.0. The molecular formula is C21H35IN6. The summed E-state index contributed by atoms with van der Waals surface area (Å²) in [5, 5.41) is 7.01. The van der Waals surface area contributed by atoms with E-state index in [1.165, 1.54) is 51.0 Å². The van der Waals surface area contributed by atoms with E-state index in [2.05, 4.69) is 58.0 Å². The number of unbranched alkanes of at least 4 members (excludes halogenated alkanes) is 1. The molecule has 1 aliphatic heterocycles. The van der Waals surface area contributed by atoms with Crippen molar-refractivity contribution in [2.45, 2.75) is 59.0 Å². The maximum absolute atomic E-state index is 4.78. The molecule has 3 heterocycles. The lowest BCUT2D eigenvalue weighted by Gasteiger charge is -2.33. The number of pyridine rings is 1. The van der Waals surface area contributed by atoms with Gasteiger partial charge in [-0.2, -0.15) is 0 Å². The molecule has 2 aromatic heterocycles. The van der Waals surface area contributed by atoms with Gasteiger partial charge in [-0.05, 0) is 51.8 Å². The second-order valence-corrected chi connectivity index (χ2v) is 7.44. The van der Waals surface area contributed by atoms with E-state index in [9.17, 15) is 0 Å². The standard InChI is InChI=1S/C21H34N6.HI/c1-4-6-12-26-13-10-18(11-14-26)25-21(22-5-2)23-15-19-16-27-17(3)8-7-9-20(27)24-19;/h7-9,16,18H,4-6,10-15H2,1-3H3,(H2,22,23,25);1H. The number of likely N-dealkylation sites (tertiary alicyclic amines) is 1. The van der Waals surface area contributed by atoms with Gasteiger partial charge in [0.25, 0.3) is 0 Å². The molecule has 2 aromatic rings. The number of halogens is 1. The first-order valence-corrected chi connectivity index (χ1v) is 10.4. The quantitative estimate of drug-likeness (QED) is 0.348. The number of guanidine groups is 1. The minimum Gasteiger partial charge on any atom is -0.357 e. The van der Waals surface area contributed by atoms with Gasteiger partial charge in [-0.3, -0.25) is 0 Å². The molecular weight excluding hydrogens is 463 g/mol. The van der Waals surface area contributed by atoms with Gasteiger partial charge in [0.2, 0.25) is 0 Å². The summed E-state index contributed by atoms with van der Waals surface area (Å²) in [6, 6.07) is 6.68. The number of hydrogen-bond donors (Lipinski definition) is 2. The molecule has 0 amide bonds. The number of aliphatic imine (C=N–C) groups is 1. The van der Waals surface area contributed by atoms with Crippen LogP contribution in [0.4, 0.5) is 0 Å². The summed E-state index contributed by atoms with van der Waals surface area (Å²) in [5.41, 5.74) is 3.17. The van der Waals surface area contributed by atoms with Crippen molar-refractivity contribution in [1.29, 1.82) is 0 Å². The van der Waals surface area contributed by atoms with Gasteiger partial charge in [0, 0.05) is 37.6 Å². The number of nitrogens with one attached hydrogen (secondary N) is 2. The zero-order valence-corrected chi connectivity index (χ0v) is 19.8. The Morgan fingerprint density at radius 3 is 2.71 bits per heavy atom. The molecule has 0 aromatic carbocycles.